The van der Waals surface area contributed by atoms with Gasteiger partial charge < -0.3 is 10.2 Å². The van der Waals surface area contributed by atoms with Gasteiger partial charge in [0, 0.05) is 19.6 Å². The Labute approximate surface area is 85.9 Å². The minimum absolute atomic E-state index is 0.0318. The van der Waals surface area contributed by atoms with Crippen LogP contribution in [0.15, 0.2) is 6.20 Å². The van der Waals surface area contributed by atoms with Crippen molar-refractivity contribution < 1.29 is 15.0 Å². The second-order valence-corrected chi connectivity index (χ2v) is 3.53. The van der Waals surface area contributed by atoms with Crippen molar-refractivity contribution in [3.63, 3.8) is 0 Å². The maximum Gasteiger partial charge on any atom is 0.358 e. The second-order valence-electron chi connectivity index (χ2n) is 3.53. The van der Waals surface area contributed by atoms with Crippen molar-refractivity contribution in [1.82, 2.24) is 19.9 Å². The van der Waals surface area contributed by atoms with E-state index in [4.69, 9.17) is 10.2 Å². The van der Waals surface area contributed by atoms with Gasteiger partial charge in [-0.1, -0.05) is 5.21 Å². The first-order valence-corrected chi connectivity index (χ1v) is 4.69. The number of hydrogen-bond donors (Lipinski definition) is 2. The number of β-amino-alcohol motifs (C(OH)–C–C–N with tert-alkyl or cyclic N) is 1. The average Bonchev–Trinajstić information content (AvgIpc) is 2.59. The molecule has 0 unspecified atom stereocenters. The number of likely N-dealkylation sites (tertiary alicyclic amines) is 1. The van der Waals surface area contributed by atoms with Gasteiger partial charge >= 0.3 is 5.97 Å². The van der Waals surface area contributed by atoms with E-state index in [1.807, 2.05) is 0 Å². The van der Waals surface area contributed by atoms with Crippen LogP contribution in [-0.2, 0) is 0 Å². The summed E-state index contributed by atoms with van der Waals surface area (Å²) >= 11 is 0. The van der Waals surface area contributed by atoms with Crippen molar-refractivity contribution >= 4 is 5.97 Å². The number of aromatic nitrogens is 3. The Hall–Kier alpha value is -1.47. The topological polar surface area (TPSA) is 91.5 Å². The number of carboxylic acids is 1. The summed E-state index contributed by atoms with van der Waals surface area (Å²) in [5, 5.41) is 24.6. The highest BCUT2D eigenvalue weighted by Gasteiger charge is 2.28. The number of aromatic carboxylic acids is 1. The molecule has 1 aromatic heterocycles. The van der Waals surface area contributed by atoms with E-state index in [0.717, 1.165) is 13.1 Å². The quantitative estimate of drug-likeness (QED) is 0.653. The molecule has 0 saturated carbocycles. The molecule has 0 aliphatic carbocycles. The molecule has 7 nitrogen and oxygen atoms in total. The summed E-state index contributed by atoms with van der Waals surface area (Å²) in [5.41, 5.74) is -0.0318. The zero-order valence-electron chi connectivity index (χ0n) is 8.07. The predicted octanol–water partition coefficient (Wildman–Crippen LogP) is -1.17. The summed E-state index contributed by atoms with van der Waals surface area (Å²) in [6.45, 7) is 2.35. The third-order valence-electron chi connectivity index (χ3n) is 2.46. The molecule has 1 aliphatic rings. The highest BCUT2D eigenvalue weighted by Crippen LogP contribution is 2.19. The van der Waals surface area contributed by atoms with E-state index < -0.39 is 5.97 Å². The van der Waals surface area contributed by atoms with Crippen LogP contribution in [0.2, 0.25) is 0 Å². The van der Waals surface area contributed by atoms with Gasteiger partial charge in [0.1, 0.15) is 0 Å². The minimum Gasteiger partial charge on any atom is -0.476 e. The van der Waals surface area contributed by atoms with Crippen LogP contribution in [0.3, 0.4) is 0 Å². The molecule has 1 aromatic rings. The van der Waals surface area contributed by atoms with Gasteiger partial charge in [-0.25, -0.2) is 9.48 Å². The molecule has 0 bridgehead atoms. The lowest BCUT2D eigenvalue weighted by Crippen LogP contribution is -2.48. The van der Waals surface area contributed by atoms with Gasteiger partial charge in [0.05, 0.1) is 18.8 Å². The van der Waals surface area contributed by atoms with E-state index >= 15 is 0 Å². The van der Waals surface area contributed by atoms with Gasteiger partial charge in [-0.2, -0.15) is 0 Å². The van der Waals surface area contributed by atoms with Gasteiger partial charge in [-0.15, -0.1) is 5.10 Å². The first kappa shape index (κ1) is 10.1. The summed E-state index contributed by atoms with van der Waals surface area (Å²) in [5.74, 6) is -1.06. The normalized spacial score (nSPS) is 17.7. The maximum absolute atomic E-state index is 10.6. The van der Waals surface area contributed by atoms with Crippen LogP contribution in [0.25, 0.3) is 0 Å². The molecule has 15 heavy (non-hydrogen) atoms. The monoisotopic (exact) mass is 212 g/mol. The van der Waals surface area contributed by atoms with Crippen molar-refractivity contribution in [2.75, 3.05) is 26.2 Å². The van der Waals surface area contributed by atoms with Gasteiger partial charge in [0.15, 0.2) is 5.69 Å². The Morgan fingerprint density at radius 1 is 1.60 bits per heavy atom. The SMILES string of the molecule is O=C(O)c1cn(C2CN(CCO)C2)nn1. The lowest BCUT2D eigenvalue weighted by molar-refractivity contribution is 0.0689. The number of aliphatic hydroxyl groups is 1. The second kappa shape index (κ2) is 3.95. The number of aliphatic hydroxyl groups excluding tert-OH is 1. The highest BCUT2D eigenvalue weighted by atomic mass is 16.4. The Morgan fingerprint density at radius 3 is 2.87 bits per heavy atom. The maximum atomic E-state index is 10.6. The summed E-state index contributed by atoms with van der Waals surface area (Å²) in [4.78, 5) is 12.6. The van der Waals surface area contributed by atoms with Gasteiger partial charge in [-0.3, -0.25) is 4.90 Å². The van der Waals surface area contributed by atoms with E-state index in [0.29, 0.717) is 6.54 Å². The van der Waals surface area contributed by atoms with Crippen molar-refractivity contribution in [2.45, 2.75) is 6.04 Å². The molecule has 82 valence electrons. The van der Waals surface area contributed by atoms with E-state index in [1.54, 1.807) is 4.68 Å². The van der Waals surface area contributed by atoms with Gasteiger partial charge in [0.2, 0.25) is 0 Å². The van der Waals surface area contributed by atoms with Crippen LogP contribution in [-0.4, -0.2) is 62.3 Å². The standard InChI is InChI=1S/C8H12N4O3/c13-2-1-11-3-6(4-11)12-5-7(8(14)15)9-10-12/h5-6,13H,1-4H2,(H,14,15). The van der Waals surface area contributed by atoms with Crippen LogP contribution in [0.4, 0.5) is 0 Å². The molecule has 1 fully saturated rings. The third kappa shape index (κ3) is 1.97. The largest absolute Gasteiger partial charge is 0.476 e. The Kier molecular flexibility index (Phi) is 2.65. The number of rotatable bonds is 4. The molecule has 0 radical (unpaired) electrons. The molecule has 0 spiro atoms. The number of carboxylic acid groups (broad SMARTS) is 1. The molecule has 1 aliphatic heterocycles. The minimum atomic E-state index is -1.06. The Morgan fingerprint density at radius 2 is 2.33 bits per heavy atom. The number of nitrogens with zero attached hydrogens (tertiary/aromatic N) is 4. The Balaban J connectivity index is 1.92. The van der Waals surface area contributed by atoms with E-state index in [9.17, 15) is 4.79 Å². The molecule has 2 rings (SSSR count). The molecule has 2 heterocycles. The first-order chi connectivity index (χ1) is 7.20. The molecule has 0 amide bonds. The van der Waals surface area contributed by atoms with Crippen LogP contribution in [0, 0.1) is 0 Å². The van der Waals surface area contributed by atoms with Crippen LogP contribution in [0.5, 0.6) is 0 Å². The fourth-order valence-electron chi connectivity index (χ4n) is 1.59. The van der Waals surface area contributed by atoms with E-state index in [1.165, 1.54) is 6.20 Å². The molecule has 0 atom stereocenters. The average molecular weight is 212 g/mol. The zero-order valence-corrected chi connectivity index (χ0v) is 8.07. The summed E-state index contributed by atoms with van der Waals surface area (Å²) in [7, 11) is 0. The van der Waals surface area contributed by atoms with Gasteiger partial charge in [0.25, 0.3) is 0 Å². The molecule has 7 heteroatoms. The number of carbonyl (C=O) groups is 1. The molecular weight excluding hydrogens is 200 g/mol. The summed E-state index contributed by atoms with van der Waals surface area (Å²) in [6.07, 6.45) is 1.43. The Bertz CT molecular complexity index is 359. The van der Waals surface area contributed by atoms with Crippen LogP contribution < -0.4 is 0 Å². The summed E-state index contributed by atoms with van der Waals surface area (Å²) in [6, 6.07) is 0.178. The fraction of sp³-hybridized carbons (Fsp3) is 0.625. The van der Waals surface area contributed by atoms with Crippen molar-refractivity contribution in [3.8, 4) is 0 Å². The van der Waals surface area contributed by atoms with E-state index in [2.05, 4.69) is 15.2 Å². The third-order valence-corrected chi connectivity index (χ3v) is 2.46. The number of hydrogen-bond acceptors (Lipinski definition) is 5. The lowest BCUT2D eigenvalue weighted by Gasteiger charge is -2.38. The molecule has 0 aromatic carbocycles. The van der Waals surface area contributed by atoms with Crippen LogP contribution >= 0.6 is 0 Å². The van der Waals surface area contributed by atoms with Crippen molar-refractivity contribution in [3.05, 3.63) is 11.9 Å². The molecule has 1 saturated heterocycles. The first-order valence-electron chi connectivity index (χ1n) is 4.69. The summed E-state index contributed by atoms with van der Waals surface area (Å²) < 4.78 is 1.57. The van der Waals surface area contributed by atoms with Crippen molar-refractivity contribution in [2.24, 2.45) is 0 Å². The van der Waals surface area contributed by atoms with Crippen LogP contribution in [0.1, 0.15) is 16.5 Å². The lowest BCUT2D eigenvalue weighted by atomic mass is 10.1. The van der Waals surface area contributed by atoms with Gasteiger partial charge in [-0.05, 0) is 0 Å². The highest BCUT2D eigenvalue weighted by molar-refractivity contribution is 5.84. The molecule has 2 N–H and O–H groups in total. The van der Waals surface area contributed by atoms with Crippen molar-refractivity contribution in [1.29, 1.82) is 0 Å². The molecular formula is C8H12N4O3. The smallest absolute Gasteiger partial charge is 0.358 e. The predicted molar refractivity (Wildman–Crippen MR) is 49.5 cm³/mol. The zero-order chi connectivity index (χ0) is 10.8. The fourth-order valence-corrected chi connectivity index (χ4v) is 1.59. The van der Waals surface area contributed by atoms with E-state index in [-0.39, 0.29) is 18.3 Å².